The summed E-state index contributed by atoms with van der Waals surface area (Å²) in [6, 6.07) is 5.39. The highest BCUT2D eigenvalue weighted by Crippen LogP contribution is 2.30. The Morgan fingerprint density at radius 3 is 3.08 bits per heavy atom. The van der Waals surface area contributed by atoms with Crippen molar-refractivity contribution < 1.29 is 10.2 Å². The molecule has 3 N–H and O–H groups in total. The summed E-state index contributed by atoms with van der Waals surface area (Å²) in [5.41, 5.74) is 1.99. The van der Waals surface area contributed by atoms with E-state index in [4.69, 9.17) is 5.11 Å². The summed E-state index contributed by atoms with van der Waals surface area (Å²) in [6.45, 7) is 0.895. The van der Waals surface area contributed by atoms with Crippen molar-refractivity contribution in [2.45, 2.75) is 12.5 Å². The van der Waals surface area contributed by atoms with E-state index in [-0.39, 0.29) is 18.4 Å². The van der Waals surface area contributed by atoms with Gasteiger partial charge in [0.1, 0.15) is 5.75 Å². The van der Waals surface area contributed by atoms with Crippen LogP contribution in [0.2, 0.25) is 0 Å². The SMILES string of the molecule is OC[C@@H]1NCCc2cccc(O)c21. The highest BCUT2D eigenvalue weighted by Gasteiger charge is 2.21. The van der Waals surface area contributed by atoms with Crippen molar-refractivity contribution in [3.63, 3.8) is 0 Å². The standard InChI is InChI=1S/C10H13NO2/c12-6-8-10-7(4-5-11-8)2-1-3-9(10)13/h1-3,8,11-13H,4-6H2/t8-/m0/s1. The Hall–Kier alpha value is -1.06. The molecular weight excluding hydrogens is 166 g/mol. The number of benzene rings is 1. The molecule has 0 saturated carbocycles. The Morgan fingerprint density at radius 2 is 2.31 bits per heavy atom. The van der Waals surface area contributed by atoms with E-state index in [0.29, 0.717) is 0 Å². The summed E-state index contributed by atoms with van der Waals surface area (Å²) in [5.74, 6) is 0.281. The minimum absolute atomic E-state index is 0.0323. The van der Waals surface area contributed by atoms with Crippen LogP contribution in [-0.2, 0) is 6.42 Å². The fourth-order valence-electron chi connectivity index (χ4n) is 1.86. The Balaban J connectivity index is 2.47. The molecule has 1 heterocycles. The van der Waals surface area contributed by atoms with Crippen LogP contribution in [0.1, 0.15) is 17.2 Å². The minimum atomic E-state index is -0.107. The first-order chi connectivity index (χ1) is 6.33. The van der Waals surface area contributed by atoms with Crippen LogP contribution >= 0.6 is 0 Å². The first kappa shape index (κ1) is 8.53. The molecule has 1 aliphatic heterocycles. The van der Waals surface area contributed by atoms with Crippen molar-refractivity contribution in [3.8, 4) is 5.75 Å². The van der Waals surface area contributed by atoms with Crippen molar-refractivity contribution in [1.82, 2.24) is 5.32 Å². The summed E-state index contributed by atoms with van der Waals surface area (Å²) >= 11 is 0. The van der Waals surface area contributed by atoms with Crippen LogP contribution in [0.25, 0.3) is 0 Å². The van der Waals surface area contributed by atoms with Gasteiger partial charge in [0.15, 0.2) is 0 Å². The molecule has 13 heavy (non-hydrogen) atoms. The zero-order valence-electron chi connectivity index (χ0n) is 7.33. The lowest BCUT2D eigenvalue weighted by Crippen LogP contribution is -2.32. The predicted octanol–water partition coefficient (Wildman–Crippen LogP) is 0.571. The van der Waals surface area contributed by atoms with Gasteiger partial charge in [-0.3, -0.25) is 0 Å². The molecule has 1 aliphatic rings. The van der Waals surface area contributed by atoms with Crippen molar-refractivity contribution in [2.75, 3.05) is 13.2 Å². The number of phenolic OH excluding ortho intramolecular Hbond substituents is 1. The van der Waals surface area contributed by atoms with Gasteiger partial charge in [0.25, 0.3) is 0 Å². The Morgan fingerprint density at radius 1 is 1.46 bits per heavy atom. The average molecular weight is 179 g/mol. The number of hydrogen-bond donors (Lipinski definition) is 3. The van der Waals surface area contributed by atoms with Gasteiger partial charge in [0, 0.05) is 5.56 Å². The molecular formula is C10H13NO2. The van der Waals surface area contributed by atoms with E-state index in [9.17, 15) is 5.11 Å². The number of nitrogens with one attached hydrogen (secondary N) is 1. The third-order valence-electron chi connectivity index (χ3n) is 2.49. The third kappa shape index (κ3) is 1.41. The van der Waals surface area contributed by atoms with Gasteiger partial charge in [-0.15, -0.1) is 0 Å². The summed E-state index contributed by atoms with van der Waals surface area (Å²) in [4.78, 5) is 0. The molecule has 0 fully saturated rings. The molecule has 0 spiro atoms. The van der Waals surface area contributed by atoms with Crippen LogP contribution in [0.4, 0.5) is 0 Å². The number of aliphatic hydroxyl groups is 1. The van der Waals surface area contributed by atoms with E-state index in [0.717, 1.165) is 24.1 Å². The predicted molar refractivity (Wildman–Crippen MR) is 49.6 cm³/mol. The van der Waals surface area contributed by atoms with Gasteiger partial charge in [-0.1, -0.05) is 12.1 Å². The molecule has 0 amide bonds. The molecule has 3 nitrogen and oxygen atoms in total. The van der Waals surface area contributed by atoms with Crippen molar-refractivity contribution in [2.24, 2.45) is 0 Å². The molecule has 0 bridgehead atoms. The number of fused-ring (bicyclic) bond motifs is 1. The lowest BCUT2D eigenvalue weighted by atomic mass is 9.94. The maximum atomic E-state index is 9.61. The summed E-state index contributed by atoms with van der Waals surface area (Å²) in [6.07, 6.45) is 0.917. The molecule has 70 valence electrons. The minimum Gasteiger partial charge on any atom is -0.508 e. The van der Waals surface area contributed by atoms with Crippen LogP contribution in [0.15, 0.2) is 18.2 Å². The molecule has 1 atom stereocenters. The molecule has 0 saturated heterocycles. The van der Waals surface area contributed by atoms with Crippen LogP contribution in [0.5, 0.6) is 5.75 Å². The fraction of sp³-hybridized carbons (Fsp3) is 0.400. The molecule has 3 heteroatoms. The molecule has 0 unspecified atom stereocenters. The summed E-state index contributed by atoms with van der Waals surface area (Å²) in [5, 5.41) is 21.9. The molecule has 0 aliphatic carbocycles. The number of aromatic hydroxyl groups is 1. The zero-order valence-corrected chi connectivity index (χ0v) is 7.33. The van der Waals surface area contributed by atoms with E-state index in [1.807, 2.05) is 12.1 Å². The number of phenols is 1. The van der Waals surface area contributed by atoms with Crippen LogP contribution in [0.3, 0.4) is 0 Å². The second-order valence-electron chi connectivity index (χ2n) is 3.29. The maximum absolute atomic E-state index is 9.61. The second-order valence-corrected chi connectivity index (χ2v) is 3.29. The van der Waals surface area contributed by atoms with Gasteiger partial charge >= 0.3 is 0 Å². The monoisotopic (exact) mass is 179 g/mol. The zero-order chi connectivity index (χ0) is 9.26. The molecule has 1 aromatic rings. The van der Waals surface area contributed by atoms with E-state index in [1.165, 1.54) is 0 Å². The van der Waals surface area contributed by atoms with Gasteiger partial charge in [-0.05, 0) is 24.6 Å². The lowest BCUT2D eigenvalue weighted by molar-refractivity contribution is 0.237. The van der Waals surface area contributed by atoms with E-state index in [2.05, 4.69) is 5.32 Å². The van der Waals surface area contributed by atoms with Crippen molar-refractivity contribution in [3.05, 3.63) is 29.3 Å². The van der Waals surface area contributed by atoms with Gasteiger partial charge in [-0.2, -0.15) is 0 Å². The van der Waals surface area contributed by atoms with Crippen molar-refractivity contribution in [1.29, 1.82) is 0 Å². The summed E-state index contributed by atoms with van der Waals surface area (Å²) in [7, 11) is 0. The normalized spacial score (nSPS) is 21.2. The van der Waals surface area contributed by atoms with Crippen molar-refractivity contribution >= 4 is 0 Å². The quantitative estimate of drug-likeness (QED) is 0.591. The number of hydrogen-bond acceptors (Lipinski definition) is 3. The van der Waals surface area contributed by atoms with Gasteiger partial charge in [0.05, 0.1) is 12.6 Å². The first-order valence-electron chi connectivity index (χ1n) is 4.48. The highest BCUT2D eigenvalue weighted by atomic mass is 16.3. The molecule has 1 aromatic carbocycles. The molecule has 0 radical (unpaired) electrons. The fourth-order valence-corrected chi connectivity index (χ4v) is 1.86. The van der Waals surface area contributed by atoms with Crippen LogP contribution in [0, 0.1) is 0 Å². The van der Waals surface area contributed by atoms with E-state index in [1.54, 1.807) is 6.07 Å². The van der Waals surface area contributed by atoms with E-state index < -0.39 is 0 Å². The maximum Gasteiger partial charge on any atom is 0.120 e. The number of rotatable bonds is 1. The Labute approximate surface area is 77.0 Å². The lowest BCUT2D eigenvalue weighted by Gasteiger charge is -2.25. The van der Waals surface area contributed by atoms with E-state index >= 15 is 0 Å². The van der Waals surface area contributed by atoms with Crippen LogP contribution in [-0.4, -0.2) is 23.4 Å². The smallest absolute Gasteiger partial charge is 0.120 e. The first-order valence-corrected chi connectivity index (χ1v) is 4.48. The second kappa shape index (κ2) is 3.36. The summed E-state index contributed by atoms with van der Waals surface area (Å²) < 4.78 is 0. The van der Waals surface area contributed by atoms with Gasteiger partial charge in [0.2, 0.25) is 0 Å². The Kier molecular flexibility index (Phi) is 2.20. The molecule has 2 rings (SSSR count). The van der Waals surface area contributed by atoms with Crippen LogP contribution < -0.4 is 5.32 Å². The van der Waals surface area contributed by atoms with Gasteiger partial charge < -0.3 is 15.5 Å². The van der Waals surface area contributed by atoms with Gasteiger partial charge in [-0.25, -0.2) is 0 Å². The average Bonchev–Trinajstić information content (AvgIpc) is 2.17. The largest absolute Gasteiger partial charge is 0.508 e. The highest BCUT2D eigenvalue weighted by molar-refractivity contribution is 5.43. The Bertz CT molecular complexity index is 312. The number of aliphatic hydroxyl groups excluding tert-OH is 1. The topological polar surface area (TPSA) is 52.5 Å². The third-order valence-corrected chi connectivity index (χ3v) is 2.49. The molecule has 0 aromatic heterocycles.